The number of aromatic nitrogens is 2. The Labute approximate surface area is 102 Å². The van der Waals surface area contributed by atoms with Crippen LogP contribution in [0.15, 0.2) is 30.6 Å². The Balaban J connectivity index is 2.38. The lowest BCUT2D eigenvalue weighted by Crippen LogP contribution is -1.96. The second-order valence-corrected chi connectivity index (χ2v) is 3.97. The Bertz CT molecular complexity index is 523. The van der Waals surface area contributed by atoms with Gasteiger partial charge in [-0.1, -0.05) is 12.1 Å². The normalized spacial score (nSPS) is 10.3. The summed E-state index contributed by atoms with van der Waals surface area (Å²) >= 11 is 0. The van der Waals surface area contributed by atoms with Crippen molar-refractivity contribution in [2.75, 3.05) is 6.61 Å². The highest BCUT2D eigenvalue weighted by atomic mass is 16.5. The summed E-state index contributed by atoms with van der Waals surface area (Å²) in [5.74, 6) is 0.572. The first-order chi connectivity index (χ1) is 8.20. The van der Waals surface area contributed by atoms with Crippen LogP contribution in [0.4, 0.5) is 0 Å². The van der Waals surface area contributed by atoms with Gasteiger partial charge in [0.2, 0.25) is 5.88 Å². The molecule has 2 aromatic rings. The number of ether oxygens (including phenoxy) is 1. The number of hydrogen-bond acceptors (Lipinski definition) is 3. The van der Waals surface area contributed by atoms with E-state index in [0.29, 0.717) is 12.5 Å². The van der Waals surface area contributed by atoms with E-state index in [2.05, 4.69) is 42.0 Å². The van der Waals surface area contributed by atoms with Gasteiger partial charge in [-0.3, -0.25) is 4.98 Å². The molecule has 0 unspecified atom stereocenters. The van der Waals surface area contributed by atoms with Gasteiger partial charge in [0, 0.05) is 5.56 Å². The van der Waals surface area contributed by atoms with Crippen LogP contribution in [-0.2, 0) is 0 Å². The van der Waals surface area contributed by atoms with Crippen molar-refractivity contribution in [2.45, 2.75) is 20.8 Å². The molecule has 2 rings (SSSR count). The van der Waals surface area contributed by atoms with E-state index in [9.17, 15) is 0 Å². The number of hydrogen-bond donors (Lipinski definition) is 0. The lowest BCUT2D eigenvalue weighted by atomic mass is 10.0. The summed E-state index contributed by atoms with van der Waals surface area (Å²) in [4.78, 5) is 8.56. The van der Waals surface area contributed by atoms with Gasteiger partial charge in [0.25, 0.3) is 0 Å². The number of nitrogens with zero attached hydrogens (tertiary/aromatic N) is 2. The summed E-state index contributed by atoms with van der Waals surface area (Å²) in [6, 6.07) is 6.27. The third-order valence-corrected chi connectivity index (χ3v) is 2.71. The van der Waals surface area contributed by atoms with Crippen LogP contribution in [0, 0.1) is 13.8 Å². The summed E-state index contributed by atoms with van der Waals surface area (Å²) in [6.07, 6.45) is 3.39. The molecule has 0 atom stereocenters. The Kier molecular flexibility index (Phi) is 3.38. The highest BCUT2D eigenvalue weighted by Crippen LogP contribution is 2.21. The van der Waals surface area contributed by atoms with Gasteiger partial charge in [-0.05, 0) is 38.0 Å². The molecular weight excluding hydrogens is 212 g/mol. The van der Waals surface area contributed by atoms with Gasteiger partial charge in [-0.25, -0.2) is 4.98 Å². The molecule has 0 N–H and O–H groups in total. The van der Waals surface area contributed by atoms with E-state index in [1.807, 2.05) is 6.92 Å². The lowest BCUT2D eigenvalue weighted by Gasteiger charge is -2.06. The quantitative estimate of drug-likeness (QED) is 0.809. The average Bonchev–Trinajstić information content (AvgIpc) is 2.33. The van der Waals surface area contributed by atoms with Crippen molar-refractivity contribution in [1.82, 2.24) is 9.97 Å². The van der Waals surface area contributed by atoms with E-state index in [4.69, 9.17) is 4.74 Å². The second-order valence-electron chi connectivity index (χ2n) is 3.97. The van der Waals surface area contributed by atoms with Crippen molar-refractivity contribution in [1.29, 1.82) is 0 Å². The van der Waals surface area contributed by atoms with E-state index in [-0.39, 0.29) is 0 Å². The van der Waals surface area contributed by atoms with Crippen molar-refractivity contribution < 1.29 is 4.74 Å². The van der Waals surface area contributed by atoms with Crippen LogP contribution in [0.5, 0.6) is 5.88 Å². The molecule has 0 amide bonds. The van der Waals surface area contributed by atoms with Crippen LogP contribution in [0.25, 0.3) is 11.3 Å². The first-order valence-electron chi connectivity index (χ1n) is 5.73. The van der Waals surface area contributed by atoms with E-state index in [0.717, 1.165) is 11.3 Å². The Hall–Kier alpha value is -1.90. The minimum Gasteiger partial charge on any atom is -0.477 e. The molecule has 0 aliphatic rings. The fourth-order valence-corrected chi connectivity index (χ4v) is 1.61. The molecule has 1 aromatic heterocycles. The molecule has 0 aliphatic heterocycles. The minimum absolute atomic E-state index is 0.572. The third kappa shape index (κ3) is 2.61. The fourth-order valence-electron chi connectivity index (χ4n) is 1.61. The van der Waals surface area contributed by atoms with Crippen LogP contribution in [0.3, 0.4) is 0 Å². The third-order valence-electron chi connectivity index (χ3n) is 2.71. The van der Waals surface area contributed by atoms with Crippen molar-refractivity contribution in [2.24, 2.45) is 0 Å². The van der Waals surface area contributed by atoms with Gasteiger partial charge < -0.3 is 4.74 Å². The standard InChI is InChI=1S/C14H16N2O/c1-4-17-14-9-15-8-13(16-14)12-6-5-10(2)11(3)7-12/h5-9H,4H2,1-3H3. The summed E-state index contributed by atoms with van der Waals surface area (Å²) in [7, 11) is 0. The molecule has 0 radical (unpaired) electrons. The topological polar surface area (TPSA) is 35.0 Å². The minimum atomic E-state index is 0.572. The Morgan fingerprint density at radius 1 is 1.12 bits per heavy atom. The van der Waals surface area contributed by atoms with Gasteiger partial charge in [-0.15, -0.1) is 0 Å². The largest absolute Gasteiger partial charge is 0.477 e. The van der Waals surface area contributed by atoms with Gasteiger partial charge in [0.15, 0.2) is 0 Å². The maximum atomic E-state index is 5.35. The predicted octanol–water partition coefficient (Wildman–Crippen LogP) is 3.16. The van der Waals surface area contributed by atoms with Crippen LogP contribution in [-0.4, -0.2) is 16.6 Å². The fraction of sp³-hybridized carbons (Fsp3) is 0.286. The molecule has 0 fully saturated rings. The van der Waals surface area contributed by atoms with Gasteiger partial charge >= 0.3 is 0 Å². The lowest BCUT2D eigenvalue weighted by molar-refractivity contribution is 0.325. The van der Waals surface area contributed by atoms with Crippen LogP contribution >= 0.6 is 0 Å². The smallest absolute Gasteiger partial charge is 0.232 e. The summed E-state index contributed by atoms with van der Waals surface area (Å²) in [6.45, 7) is 6.73. The molecule has 3 nitrogen and oxygen atoms in total. The first kappa shape index (κ1) is 11.6. The van der Waals surface area contributed by atoms with Gasteiger partial charge in [0.1, 0.15) is 0 Å². The van der Waals surface area contributed by atoms with E-state index >= 15 is 0 Å². The Morgan fingerprint density at radius 2 is 1.94 bits per heavy atom. The predicted molar refractivity (Wildman–Crippen MR) is 68.1 cm³/mol. The molecule has 17 heavy (non-hydrogen) atoms. The molecule has 88 valence electrons. The Morgan fingerprint density at radius 3 is 2.65 bits per heavy atom. The van der Waals surface area contributed by atoms with Crippen molar-refractivity contribution in [3.05, 3.63) is 41.7 Å². The van der Waals surface area contributed by atoms with E-state index in [1.165, 1.54) is 11.1 Å². The van der Waals surface area contributed by atoms with E-state index in [1.54, 1.807) is 12.4 Å². The molecular formula is C14H16N2O. The molecule has 3 heteroatoms. The molecule has 1 aromatic carbocycles. The van der Waals surface area contributed by atoms with Gasteiger partial charge in [-0.2, -0.15) is 0 Å². The molecule has 0 saturated heterocycles. The van der Waals surface area contributed by atoms with Crippen molar-refractivity contribution in [3.63, 3.8) is 0 Å². The van der Waals surface area contributed by atoms with Crippen molar-refractivity contribution in [3.8, 4) is 17.1 Å². The summed E-state index contributed by atoms with van der Waals surface area (Å²) in [5.41, 5.74) is 4.45. The van der Waals surface area contributed by atoms with Crippen molar-refractivity contribution >= 4 is 0 Å². The van der Waals surface area contributed by atoms with E-state index < -0.39 is 0 Å². The second kappa shape index (κ2) is 4.95. The summed E-state index contributed by atoms with van der Waals surface area (Å²) in [5, 5.41) is 0. The maximum absolute atomic E-state index is 5.35. The van der Waals surface area contributed by atoms with Gasteiger partial charge in [0.05, 0.1) is 24.7 Å². The number of benzene rings is 1. The molecule has 0 bridgehead atoms. The summed E-state index contributed by atoms with van der Waals surface area (Å²) < 4.78 is 5.35. The number of rotatable bonds is 3. The van der Waals surface area contributed by atoms with Crippen LogP contribution in [0.1, 0.15) is 18.1 Å². The average molecular weight is 228 g/mol. The van der Waals surface area contributed by atoms with Crippen LogP contribution in [0.2, 0.25) is 0 Å². The molecule has 1 heterocycles. The molecule has 0 spiro atoms. The number of aryl methyl sites for hydroxylation is 2. The molecule has 0 saturated carbocycles. The highest BCUT2D eigenvalue weighted by Gasteiger charge is 2.03. The zero-order valence-electron chi connectivity index (χ0n) is 10.4. The first-order valence-corrected chi connectivity index (χ1v) is 5.73. The maximum Gasteiger partial charge on any atom is 0.232 e. The zero-order valence-corrected chi connectivity index (χ0v) is 10.4. The van der Waals surface area contributed by atoms with Crippen LogP contribution < -0.4 is 4.74 Å². The molecule has 0 aliphatic carbocycles. The monoisotopic (exact) mass is 228 g/mol. The SMILES string of the molecule is CCOc1cncc(-c2ccc(C)c(C)c2)n1. The highest BCUT2D eigenvalue weighted by molar-refractivity contribution is 5.60. The zero-order chi connectivity index (χ0) is 12.3.